The molecule has 0 aliphatic heterocycles. The van der Waals surface area contributed by atoms with Crippen LogP contribution in [0.25, 0.3) is 11.1 Å². The standard InChI is InChI=1S/C37H60N2O2/c1-5-21-38(25-27-40)23-13-9-7-11-19-37(20-12-8-10-14-24-39(22-6-2)26-28-41)35-29-31(3)15-17-33(35)34-18-16-32(4)30-36(34)37/h15-18,29-30,40-41H,5-14,19-28H2,1-4H3. The van der Waals surface area contributed by atoms with Crippen LogP contribution in [0.3, 0.4) is 0 Å². The normalized spacial score (nSPS) is 13.8. The van der Waals surface area contributed by atoms with Crippen molar-refractivity contribution >= 4 is 0 Å². The summed E-state index contributed by atoms with van der Waals surface area (Å²) in [5.74, 6) is 0. The zero-order valence-electron chi connectivity index (χ0n) is 26.9. The fraction of sp³-hybridized carbons (Fsp3) is 0.676. The first-order valence-corrected chi connectivity index (χ1v) is 16.9. The number of hydrogen-bond donors (Lipinski definition) is 2. The van der Waals surface area contributed by atoms with Gasteiger partial charge in [0.05, 0.1) is 13.2 Å². The number of nitrogens with zero attached hydrogens (tertiary/aromatic N) is 2. The number of aliphatic hydroxyl groups excluding tert-OH is 2. The van der Waals surface area contributed by atoms with Gasteiger partial charge in [0.25, 0.3) is 0 Å². The molecule has 0 spiro atoms. The van der Waals surface area contributed by atoms with Crippen LogP contribution in [-0.2, 0) is 5.41 Å². The molecule has 0 amide bonds. The van der Waals surface area contributed by atoms with Crippen LogP contribution >= 0.6 is 0 Å². The molecule has 2 aromatic carbocycles. The van der Waals surface area contributed by atoms with Crippen molar-refractivity contribution in [1.82, 2.24) is 9.80 Å². The Hall–Kier alpha value is -1.72. The third-order valence-corrected chi connectivity index (χ3v) is 9.24. The van der Waals surface area contributed by atoms with Crippen molar-refractivity contribution in [1.29, 1.82) is 0 Å². The summed E-state index contributed by atoms with van der Waals surface area (Å²) >= 11 is 0. The summed E-state index contributed by atoms with van der Waals surface area (Å²) in [5.41, 5.74) is 8.95. The quantitative estimate of drug-likeness (QED) is 0.143. The van der Waals surface area contributed by atoms with E-state index in [9.17, 15) is 10.2 Å². The summed E-state index contributed by atoms with van der Waals surface area (Å²) in [6.07, 6.45) is 14.8. The zero-order chi connectivity index (χ0) is 29.5. The highest BCUT2D eigenvalue weighted by Crippen LogP contribution is 2.54. The lowest BCUT2D eigenvalue weighted by atomic mass is 9.70. The Morgan fingerprint density at radius 3 is 1.34 bits per heavy atom. The molecule has 1 aliphatic carbocycles. The lowest BCUT2D eigenvalue weighted by molar-refractivity contribution is 0.193. The third-order valence-electron chi connectivity index (χ3n) is 9.24. The van der Waals surface area contributed by atoms with Gasteiger partial charge in [-0.15, -0.1) is 0 Å². The molecule has 2 aromatic rings. The van der Waals surface area contributed by atoms with Crippen LogP contribution in [-0.4, -0.2) is 72.5 Å². The lowest BCUT2D eigenvalue weighted by Gasteiger charge is -2.33. The van der Waals surface area contributed by atoms with Crippen LogP contribution in [0.4, 0.5) is 0 Å². The van der Waals surface area contributed by atoms with Crippen LogP contribution in [0.15, 0.2) is 36.4 Å². The number of rotatable bonds is 22. The molecule has 0 aromatic heterocycles. The molecule has 0 bridgehead atoms. The number of aryl methyl sites for hydroxylation is 2. The van der Waals surface area contributed by atoms with Crippen molar-refractivity contribution in [2.45, 2.75) is 110 Å². The maximum absolute atomic E-state index is 9.39. The van der Waals surface area contributed by atoms with E-state index < -0.39 is 0 Å². The topological polar surface area (TPSA) is 46.9 Å². The summed E-state index contributed by atoms with van der Waals surface area (Å²) in [6, 6.07) is 14.4. The smallest absolute Gasteiger partial charge is 0.0558 e. The van der Waals surface area contributed by atoms with Crippen molar-refractivity contribution in [2.75, 3.05) is 52.5 Å². The Morgan fingerprint density at radius 2 is 0.951 bits per heavy atom. The molecule has 2 N–H and O–H groups in total. The van der Waals surface area contributed by atoms with Gasteiger partial charge in [0.15, 0.2) is 0 Å². The van der Waals surface area contributed by atoms with E-state index in [4.69, 9.17) is 0 Å². The van der Waals surface area contributed by atoms with Gasteiger partial charge in [-0.25, -0.2) is 0 Å². The number of benzene rings is 2. The van der Waals surface area contributed by atoms with Crippen LogP contribution < -0.4 is 0 Å². The predicted octanol–water partition coefficient (Wildman–Crippen LogP) is 7.88. The minimum Gasteiger partial charge on any atom is -0.395 e. The predicted molar refractivity (Wildman–Crippen MR) is 176 cm³/mol. The highest BCUT2D eigenvalue weighted by atomic mass is 16.3. The van der Waals surface area contributed by atoms with Crippen LogP contribution in [0.2, 0.25) is 0 Å². The molecular weight excluding hydrogens is 504 g/mol. The van der Waals surface area contributed by atoms with Crippen molar-refractivity contribution in [3.05, 3.63) is 58.7 Å². The first-order chi connectivity index (χ1) is 20.0. The van der Waals surface area contributed by atoms with E-state index in [2.05, 4.69) is 73.9 Å². The van der Waals surface area contributed by atoms with Gasteiger partial charge < -0.3 is 20.0 Å². The Bertz CT molecular complexity index is 927. The average Bonchev–Trinajstić information content (AvgIpc) is 3.21. The highest BCUT2D eigenvalue weighted by molar-refractivity contribution is 5.81. The van der Waals surface area contributed by atoms with Gasteiger partial charge in [0, 0.05) is 18.5 Å². The second kappa shape index (κ2) is 18.1. The number of aliphatic hydroxyl groups is 2. The molecule has 4 nitrogen and oxygen atoms in total. The van der Waals surface area contributed by atoms with E-state index in [-0.39, 0.29) is 18.6 Å². The fourth-order valence-corrected chi connectivity index (χ4v) is 7.20. The van der Waals surface area contributed by atoms with E-state index in [0.29, 0.717) is 0 Å². The van der Waals surface area contributed by atoms with Gasteiger partial charge in [-0.1, -0.05) is 99.9 Å². The van der Waals surface area contributed by atoms with Crippen molar-refractivity contribution in [3.63, 3.8) is 0 Å². The zero-order valence-corrected chi connectivity index (χ0v) is 26.9. The van der Waals surface area contributed by atoms with Crippen LogP contribution in [0.1, 0.15) is 113 Å². The van der Waals surface area contributed by atoms with E-state index in [0.717, 1.165) is 52.1 Å². The molecule has 0 heterocycles. The monoisotopic (exact) mass is 564 g/mol. The molecule has 0 saturated carbocycles. The van der Waals surface area contributed by atoms with E-state index in [1.807, 2.05) is 0 Å². The van der Waals surface area contributed by atoms with E-state index in [1.165, 1.54) is 86.5 Å². The lowest BCUT2D eigenvalue weighted by Crippen LogP contribution is -2.29. The summed E-state index contributed by atoms with van der Waals surface area (Å²) in [7, 11) is 0. The Labute approximate surface area is 252 Å². The maximum atomic E-state index is 9.39. The van der Waals surface area contributed by atoms with Gasteiger partial charge >= 0.3 is 0 Å². The van der Waals surface area contributed by atoms with E-state index in [1.54, 1.807) is 11.1 Å². The Balaban J connectivity index is 1.67. The highest BCUT2D eigenvalue weighted by Gasteiger charge is 2.42. The largest absolute Gasteiger partial charge is 0.395 e. The maximum Gasteiger partial charge on any atom is 0.0558 e. The molecule has 0 radical (unpaired) electrons. The number of fused-ring (bicyclic) bond motifs is 3. The Kier molecular flexibility index (Phi) is 14.9. The average molecular weight is 565 g/mol. The van der Waals surface area contributed by atoms with Gasteiger partial charge in [0.1, 0.15) is 0 Å². The van der Waals surface area contributed by atoms with Gasteiger partial charge in [-0.05, 0) is 101 Å². The number of unbranched alkanes of at least 4 members (excludes halogenated alkanes) is 6. The molecule has 0 saturated heterocycles. The fourth-order valence-electron chi connectivity index (χ4n) is 7.20. The van der Waals surface area contributed by atoms with E-state index >= 15 is 0 Å². The van der Waals surface area contributed by atoms with Gasteiger partial charge in [0.2, 0.25) is 0 Å². The van der Waals surface area contributed by atoms with Gasteiger partial charge in [-0.3, -0.25) is 0 Å². The minimum absolute atomic E-state index is 0.124. The second-order valence-electron chi connectivity index (χ2n) is 12.6. The summed E-state index contributed by atoms with van der Waals surface area (Å²) in [4.78, 5) is 4.84. The first kappa shape index (κ1) is 33.8. The van der Waals surface area contributed by atoms with Crippen molar-refractivity contribution in [3.8, 4) is 11.1 Å². The van der Waals surface area contributed by atoms with Crippen LogP contribution in [0.5, 0.6) is 0 Å². The summed E-state index contributed by atoms with van der Waals surface area (Å²) < 4.78 is 0. The molecule has 0 atom stereocenters. The van der Waals surface area contributed by atoms with Crippen molar-refractivity contribution in [2.24, 2.45) is 0 Å². The van der Waals surface area contributed by atoms with Crippen LogP contribution in [0, 0.1) is 13.8 Å². The minimum atomic E-state index is 0.124. The number of hydrogen-bond acceptors (Lipinski definition) is 4. The molecule has 0 fully saturated rings. The second-order valence-corrected chi connectivity index (χ2v) is 12.6. The third kappa shape index (κ3) is 9.64. The SMILES string of the molecule is CCCN(CCO)CCCCCCC1(CCCCCCN(CCC)CCO)c2cc(C)ccc2-c2ccc(C)cc21. The molecule has 230 valence electrons. The molecule has 3 rings (SSSR count). The molecule has 1 aliphatic rings. The Morgan fingerprint density at radius 1 is 0.537 bits per heavy atom. The molecule has 0 unspecified atom stereocenters. The summed E-state index contributed by atoms with van der Waals surface area (Å²) in [5, 5.41) is 18.8. The first-order valence-electron chi connectivity index (χ1n) is 16.9. The van der Waals surface area contributed by atoms with Crippen molar-refractivity contribution < 1.29 is 10.2 Å². The summed E-state index contributed by atoms with van der Waals surface area (Å²) in [6.45, 7) is 15.5. The van der Waals surface area contributed by atoms with Gasteiger partial charge in [-0.2, -0.15) is 0 Å². The molecular formula is C37H60N2O2. The molecule has 4 heteroatoms. The molecule has 41 heavy (non-hydrogen) atoms.